The molecule has 0 radical (unpaired) electrons. The number of nitrogens with zero attached hydrogens (tertiary/aromatic N) is 2. The van der Waals surface area contributed by atoms with Crippen molar-refractivity contribution < 1.29 is 18.3 Å². The van der Waals surface area contributed by atoms with E-state index in [2.05, 4.69) is 15.2 Å². The zero-order chi connectivity index (χ0) is 17.9. The molecule has 4 rings (SSSR count). The van der Waals surface area contributed by atoms with Crippen molar-refractivity contribution in [3.8, 4) is 0 Å². The molecule has 134 valence electrons. The van der Waals surface area contributed by atoms with E-state index < -0.39 is 0 Å². The van der Waals surface area contributed by atoms with E-state index in [-0.39, 0.29) is 18.3 Å². The second-order valence-corrected chi connectivity index (χ2v) is 6.15. The van der Waals surface area contributed by atoms with Gasteiger partial charge in [0.15, 0.2) is 5.52 Å². The summed E-state index contributed by atoms with van der Waals surface area (Å²) in [6, 6.07) is 12.1. The fourth-order valence-corrected chi connectivity index (χ4v) is 3.15. The summed E-state index contributed by atoms with van der Waals surface area (Å²) >= 11 is 0. The predicted molar refractivity (Wildman–Crippen MR) is 94.6 cm³/mol. The fraction of sp³-hybridized carbons (Fsp3) is 0.263. The topological polar surface area (TPSA) is 61.5 Å². The Balaban J connectivity index is 1.61. The van der Waals surface area contributed by atoms with Gasteiger partial charge in [-0.3, -0.25) is 9.69 Å². The van der Waals surface area contributed by atoms with Crippen molar-refractivity contribution in [3.05, 3.63) is 65.7 Å². The molecule has 0 saturated carbocycles. The first kappa shape index (κ1) is 16.5. The predicted octanol–water partition coefficient (Wildman–Crippen LogP) is 1.66. The molecule has 7 heteroatoms. The number of imidazole rings is 1. The molecule has 1 aromatic carbocycles. The Kier molecular flexibility index (Phi) is 4.53. The number of H-pyrrole nitrogens is 1. The Morgan fingerprint density at radius 1 is 1.19 bits per heavy atom. The molecule has 6 nitrogen and oxygen atoms in total. The van der Waals surface area contributed by atoms with Gasteiger partial charge >= 0.3 is 5.95 Å². The summed E-state index contributed by atoms with van der Waals surface area (Å²) < 4.78 is 21.1. The van der Waals surface area contributed by atoms with Crippen LogP contribution in [-0.2, 0) is 11.3 Å². The molecule has 3 heterocycles. The number of aromatic nitrogens is 2. The lowest BCUT2D eigenvalue weighted by atomic mass is 10.2. The number of rotatable bonds is 4. The number of ether oxygens (including phenoxy) is 1. The molecular formula is C19H20FN4O2+. The van der Waals surface area contributed by atoms with E-state index in [1.54, 1.807) is 18.2 Å². The summed E-state index contributed by atoms with van der Waals surface area (Å²) in [6.45, 7) is 2.96. The van der Waals surface area contributed by atoms with Crippen LogP contribution < -0.4 is 14.6 Å². The van der Waals surface area contributed by atoms with Crippen LogP contribution in [0.2, 0.25) is 0 Å². The third kappa shape index (κ3) is 3.13. The molecule has 2 aromatic heterocycles. The van der Waals surface area contributed by atoms with E-state index in [4.69, 9.17) is 4.74 Å². The van der Waals surface area contributed by atoms with Gasteiger partial charge in [-0.2, -0.15) is 0 Å². The third-order valence-corrected chi connectivity index (χ3v) is 4.52. The van der Waals surface area contributed by atoms with Gasteiger partial charge < -0.3 is 10.1 Å². The standard InChI is InChI=1S/C19H19FN4O2/c20-15-6-2-1-5-14(15)13-21-18(25)17-16-7-3-4-8-24(16)19(22-17)23-9-11-26-12-10-23/h1-8H,9-13H2,(H,21,25)/p+1. The van der Waals surface area contributed by atoms with Crippen molar-refractivity contribution in [2.75, 3.05) is 31.2 Å². The number of benzene rings is 1. The first-order valence-electron chi connectivity index (χ1n) is 8.61. The van der Waals surface area contributed by atoms with Crippen LogP contribution in [0.4, 0.5) is 10.3 Å². The van der Waals surface area contributed by atoms with E-state index in [1.165, 1.54) is 6.07 Å². The number of hydrogen-bond donors (Lipinski definition) is 2. The van der Waals surface area contributed by atoms with Gasteiger partial charge in [-0.05, 0) is 18.2 Å². The molecular weight excluding hydrogens is 335 g/mol. The highest BCUT2D eigenvalue weighted by Gasteiger charge is 2.28. The molecule has 1 saturated heterocycles. The lowest BCUT2D eigenvalue weighted by molar-refractivity contribution is -0.497. The number of morpholine rings is 1. The molecule has 0 bridgehead atoms. The Hall–Kier alpha value is -2.93. The van der Waals surface area contributed by atoms with Crippen LogP contribution in [0.5, 0.6) is 0 Å². The summed E-state index contributed by atoms with van der Waals surface area (Å²) in [6.07, 6.45) is 1.92. The average molecular weight is 355 g/mol. The Morgan fingerprint density at radius 3 is 2.77 bits per heavy atom. The van der Waals surface area contributed by atoms with E-state index in [0.717, 1.165) is 24.6 Å². The van der Waals surface area contributed by atoms with Crippen LogP contribution in [0.1, 0.15) is 16.1 Å². The number of amides is 1. The number of nitrogens with one attached hydrogen (secondary N) is 2. The van der Waals surface area contributed by atoms with E-state index in [1.807, 2.05) is 28.8 Å². The summed E-state index contributed by atoms with van der Waals surface area (Å²) in [7, 11) is 0. The second-order valence-electron chi connectivity index (χ2n) is 6.15. The number of carbonyl (C=O) groups excluding carboxylic acids is 1. The molecule has 1 aliphatic heterocycles. The monoisotopic (exact) mass is 355 g/mol. The normalized spacial score (nSPS) is 14.6. The van der Waals surface area contributed by atoms with Crippen LogP contribution in [0.25, 0.3) is 5.52 Å². The lowest BCUT2D eigenvalue weighted by Crippen LogP contribution is -2.41. The molecule has 0 atom stereocenters. The molecule has 2 N–H and O–H groups in total. The lowest BCUT2D eigenvalue weighted by Gasteiger charge is -2.21. The number of fused-ring (bicyclic) bond motifs is 1. The maximum absolute atomic E-state index is 13.8. The first-order valence-corrected chi connectivity index (χ1v) is 8.61. The largest absolute Gasteiger partial charge is 0.375 e. The quantitative estimate of drug-likeness (QED) is 0.700. The van der Waals surface area contributed by atoms with Crippen molar-refractivity contribution >= 4 is 17.4 Å². The van der Waals surface area contributed by atoms with Gasteiger partial charge in [-0.15, -0.1) is 0 Å². The third-order valence-electron chi connectivity index (χ3n) is 4.52. The van der Waals surface area contributed by atoms with Gasteiger partial charge in [0.05, 0.1) is 32.5 Å². The molecule has 0 spiro atoms. The maximum Gasteiger partial charge on any atom is 0.363 e. The van der Waals surface area contributed by atoms with Crippen LogP contribution in [-0.4, -0.2) is 37.2 Å². The average Bonchev–Trinajstić information content (AvgIpc) is 3.08. The molecule has 1 fully saturated rings. The van der Waals surface area contributed by atoms with E-state index in [9.17, 15) is 9.18 Å². The SMILES string of the molecule is O=C(NCc1ccccc1F)c1[nH]c(N2CCOCC2)[n+]2ccccc12. The summed E-state index contributed by atoms with van der Waals surface area (Å²) in [5.41, 5.74) is 1.70. The number of pyridine rings is 1. The van der Waals surface area contributed by atoms with Gasteiger partial charge in [0.2, 0.25) is 5.69 Å². The molecule has 0 aliphatic carbocycles. The highest BCUT2D eigenvalue weighted by Crippen LogP contribution is 2.15. The van der Waals surface area contributed by atoms with Crippen LogP contribution in [0, 0.1) is 5.82 Å². The number of hydrogen-bond acceptors (Lipinski definition) is 3. The van der Waals surface area contributed by atoms with Crippen LogP contribution in [0.3, 0.4) is 0 Å². The van der Waals surface area contributed by atoms with E-state index >= 15 is 0 Å². The van der Waals surface area contributed by atoms with Gasteiger partial charge in [0, 0.05) is 12.1 Å². The van der Waals surface area contributed by atoms with Gasteiger partial charge in [0.25, 0.3) is 5.91 Å². The summed E-state index contributed by atoms with van der Waals surface area (Å²) in [5, 5.41) is 2.80. The molecule has 0 unspecified atom stereocenters. The van der Waals surface area contributed by atoms with Crippen molar-refractivity contribution in [3.63, 3.8) is 0 Å². The zero-order valence-electron chi connectivity index (χ0n) is 14.2. The smallest absolute Gasteiger partial charge is 0.363 e. The minimum atomic E-state index is -0.326. The molecule has 3 aromatic rings. The van der Waals surface area contributed by atoms with Crippen molar-refractivity contribution in [2.45, 2.75) is 6.54 Å². The summed E-state index contributed by atoms with van der Waals surface area (Å²) in [5.74, 6) is 0.254. The Bertz CT molecular complexity index is 934. The number of anilines is 1. The zero-order valence-corrected chi connectivity index (χ0v) is 14.2. The fourth-order valence-electron chi connectivity index (χ4n) is 3.15. The van der Waals surface area contributed by atoms with Crippen LogP contribution >= 0.6 is 0 Å². The molecule has 26 heavy (non-hydrogen) atoms. The second kappa shape index (κ2) is 7.13. The molecule has 1 aliphatic rings. The molecule has 1 amide bonds. The first-order chi connectivity index (χ1) is 12.7. The summed E-state index contributed by atoms with van der Waals surface area (Å²) in [4.78, 5) is 18.1. The highest BCUT2D eigenvalue weighted by molar-refractivity contribution is 5.98. The van der Waals surface area contributed by atoms with Crippen molar-refractivity contribution in [2.24, 2.45) is 0 Å². The minimum Gasteiger partial charge on any atom is -0.375 e. The maximum atomic E-state index is 13.8. The highest BCUT2D eigenvalue weighted by atomic mass is 19.1. The van der Waals surface area contributed by atoms with E-state index in [0.29, 0.717) is 24.5 Å². The van der Waals surface area contributed by atoms with Crippen molar-refractivity contribution in [1.29, 1.82) is 0 Å². The van der Waals surface area contributed by atoms with Gasteiger partial charge in [-0.25, -0.2) is 13.8 Å². The number of carbonyl (C=O) groups is 1. The number of halogens is 1. The Labute approximate surface area is 150 Å². The van der Waals surface area contributed by atoms with Crippen molar-refractivity contribution in [1.82, 2.24) is 10.3 Å². The van der Waals surface area contributed by atoms with Gasteiger partial charge in [-0.1, -0.05) is 24.3 Å². The Morgan fingerprint density at radius 2 is 1.96 bits per heavy atom. The van der Waals surface area contributed by atoms with Crippen LogP contribution in [0.15, 0.2) is 48.7 Å². The number of aromatic amines is 1. The minimum absolute atomic E-state index is 0.135. The van der Waals surface area contributed by atoms with Gasteiger partial charge in [0.1, 0.15) is 5.82 Å².